The smallest absolute Gasteiger partial charge is 0.0761 e. The Morgan fingerprint density at radius 3 is 2.95 bits per heavy atom. The van der Waals surface area contributed by atoms with Gasteiger partial charge in [0, 0.05) is 42.4 Å². The Morgan fingerprint density at radius 1 is 1.33 bits per heavy atom. The molecule has 0 spiro atoms. The highest BCUT2D eigenvalue weighted by Crippen LogP contribution is 2.25. The third-order valence-electron chi connectivity index (χ3n) is 4.39. The SMILES string of the molecule is CC(NCc1ccc(Cl)c2cccnc12)C1CCOCC1. The zero-order chi connectivity index (χ0) is 14.7. The van der Waals surface area contributed by atoms with E-state index >= 15 is 0 Å². The predicted molar refractivity (Wildman–Crippen MR) is 86.6 cm³/mol. The first-order chi connectivity index (χ1) is 10.3. The van der Waals surface area contributed by atoms with Gasteiger partial charge in [0.2, 0.25) is 0 Å². The van der Waals surface area contributed by atoms with Crippen LogP contribution in [0, 0.1) is 5.92 Å². The van der Waals surface area contributed by atoms with Crippen molar-refractivity contribution in [1.82, 2.24) is 10.3 Å². The fraction of sp³-hybridized carbons (Fsp3) is 0.471. The van der Waals surface area contributed by atoms with Gasteiger partial charge < -0.3 is 10.1 Å². The summed E-state index contributed by atoms with van der Waals surface area (Å²) in [6, 6.07) is 8.47. The molecule has 1 fully saturated rings. The van der Waals surface area contributed by atoms with E-state index in [4.69, 9.17) is 16.3 Å². The highest BCUT2D eigenvalue weighted by Gasteiger charge is 2.20. The molecule has 4 heteroatoms. The van der Waals surface area contributed by atoms with Gasteiger partial charge in [-0.05, 0) is 49.4 Å². The van der Waals surface area contributed by atoms with E-state index in [0.29, 0.717) is 12.0 Å². The second-order valence-corrected chi connectivity index (χ2v) is 6.13. The summed E-state index contributed by atoms with van der Waals surface area (Å²) in [6.07, 6.45) is 4.12. The Bertz CT molecular complexity index is 611. The van der Waals surface area contributed by atoms with Gasteiger partial charge >= 0.3 is 0 Å². The summed E-state index contributed by atoms with van der Waals surface area (Å²) in [4.78, 5) is 4.49. The maximum atomic E-state index is 6.24. The fourth-order valence-corrected chi connectivity index (χ4v) is 3.21. The molecular formula is C17H21ClN2O. The molecule has 1 aromatic heterocycles. The van der Waals surface area contributed by atoms with Crippen LogP contribution >= 0.6 is 11.6 Å². The standard InChI is InChI=1S/C17H21ClN2O/c1-12(13-6-9-21-10-7-13)20-11-14-4-5-16(18)15-3-2-8-19-17(14)15/h2-5,8,12-13,20H,6-7,9-11H2,1H3. The molecule has 112 valence electrons. The van der Waals surface area contributed by atoms with Gasteiger partial charge in [-0.15, -0.1) is 0 Å². The van der Waals surface area contributed by atoms with E-state index in [2.05, 4.69) is 23.3 Å². The number of fused-ring (bicyclic) bond motifs is 1. The normalized spacial score (nSPS) is 18.0. The van der Waals surface area contributed by atoms with Crippen LogP contribution in [0.4, 0.5) is 0 Å². The average molecular weight is 305 g/mol. The quantitative estimate of drug-likeness (QED) is 0.933. The Kier molecular flexibility index (Phi) is 4.73. The van der Waals surface area contributed by atoms with E-state index in [-0.39, 0.29) is 0 Å². The van der Waals surface area contributed by atoms with Gasteiger partial charge in [-0.3, -0.25) is 4.98 Å². The van der Waals surface area contributed by atoms with Gasteiger partial charge in [0.05, 0.1) is 5.52 Å². The topological polar surface area (TPSA) is 34.2 Å². The molecule has 1 aliphatic heterocycles. The van der Waals surface area contributed by atoms with Crippen molar-refractivity contribution in [1.29, 1.82) is 0 Å². The monoisotopic (exact) mass is 304 g/mol. The Hall–Kier alpha value is -1.16. The number of benzene rings is 1. The Balaban J connectivity index is 1.72. The van der Waals surface area contributed by atoms with E-state index < -0.39 is 0 Å². The Labute approximate surface area is 130 Å². The fourth-order valence-electron chi connectivity index (χ4n) is 2.99. The summed E-state index contributed by atoms with van der Waals surface area (Å²) < 4.78 is 5.43. The molecule has 2 heterocycles. The maximum Gasteiger partial charge on any atom is 0.0761 e. The first-order valence-electron chi connectivity index (χ1n) is 7.59. The van der Waals surface area contributed by atoms with E-state index in [9.17, 15) is 0 Å². The van der Waals surface area contributed by atoms with Gasteiger partial charge in [0.15, 0.2) is 0 Å². The molecular weight excluding hydrogens is 284 g/mol. The van der Waals surface area contributed by atoms with Crippen molar-refractivity contribution in [3.8, 4) is 0 Å². The first kappa shape index (κ1) is 14.8. The van der Waals surface area contributed by atoms with Gasteiger partial charge in [-0.1, -0.05) is 17.7 Å². The van der Waals surface area contributed by atoms with Crippen LogP contribution in [-0.4, -0.2) is 24.2 Å². The molecule has 0 bridgehead atoms. The van der Waals surface area contributed by atoms with E-state index in [0.717, 1.165) is 48.5 Å². The molecule has 21 heavy (non-hydrogen) atoms. The molecule has 1 unspecified atom stereocenters. The molecule has 0 aliphatic carbocycles. The van der Waals surface area contributed by atoms with Crippen molar-refractivity contribution in [2.24, 2.45) is 5.92 Å². The molecule has 1 aromatic carbocycles. The van der Waals surface area contributed by atoms with Gasteiger partial charge in [-0.25, -0.2) is 0 Å². The number of aromatic nitrogens is 1. The van der Waals surface area contributed by atoms with Crippen molar-refractivity contribution in [3.63, 3.8) is 0 Å². The summed E-state index contributed by atoms with van der Waals surface area (Å²) in [5.74, 6) is 0.699. The second-order valence-electron chi connectivity index (χ2n) is 5.73. The summed E-state index contributed by atoms with van der Waals surface area (Å²) in [5, 5.41) is 5.43. The number of rotatable bonds is 4. The summed E-state index contributed by atoms with van der Waals surface area (Å²) >= 11 is 6.24. The molecule has 0 amide bonds. The van der Waals surface area contributed by atoms with Crippen LogP contribution in [0.25, 0.3) is 10.9 Å². The van der Waals surface area contributed by atoms with Crippen molar-refractivity contribution < 1.29 is 4.74 Å². The predicted octanol–water partition coefficient (Wildman–Crippen LogP) is 3.79. The number of halogens is 1. The number of pyridine rings is 1. The van der Waals surface area contributed by atoms with Crippen LogP contribution in [0.15, 0.2) is 30.5 Å². The molecule has 2 aromatic rings. The van der Waals surface area contributed by atoms with Crippen LogP contribution in [-0.2, 0) is 11.3 Å². The zero-order valence-corrected chi connectivity index (χ0v) is 13.1. The van der Waals surface area contributed by atoms with E-state index in [1.807, 2.05) is 24.4 Å². The third kappa shape index (κ3) is 3.37. The van der Waals surface area contributed by atoms with E-state index in [1.165, 1.54) is 5.56 Å². The maximum absolute atomic E-state index is 6.24. The second kappa shape index (κ2) is 6.73. The molecule has 1 aliphatic rings. The van der Waals surface area contributed by atoms with Crippen LogP contribution in [0.3, 0.4) is 0 Å². The van der Waals surface area contributed by atoms with Crippen molar-refractivity contribution >= 4 is 22.5 Å². The lowest BCUT2D eigenvalue weighted by Gasteiger charge is -2.28. The van der Waals surface area contributed by atoms with Crippen molar-refractivity contribution in [2.75, 3.05) is 13.2 Å². The highest BCUT2D eigenvalue weighted by atomic mass is 35.5. The first-order valence-corrected chi connectivity index (χ1v) is 7.97. The lowest BCUT2D eigenvalue weighted by Crippen LogP contribution is -2.36. The largest absolute Gasteiger partial charge is 0.381 e. The average Bonchev–Trinajstić information content (AvgIpc) is 2.55. The van der Waals surface area contributed by atoms with Crippen LogP contribution in [0.1, 0.15) is 25.3 Å². The lowest BCUT2D eigenvalue weighted by molar-refractivity contribution is 0.0558. The summed E-state index contributed by atoms with van der Waals surface area (Å²) in [7, 11) is 0. The zero-order valence-electron chi connectivity index (χ0n) is 12.3. The minimum Gasteiger partial charge on any atom is -0.381 e. The molecule has 0 radical (unpaired) electrons. The number of hydrogen-bond acceptors (Lipinski definition) is 3. The third-order valence-corrected chi connectivity index (χ3v) is 4.72. The van der Waals surface area contributed by atoms with Crippen LogP contribution in [0.2, 0.25) is 5.02 Å². The summed E-state index contributed by atoms with van der Waals surface area (Å²) in [6.45, 7) is 4.87. The lowest BCUT2D eigenvalue weighted by atomic mass is 9.93. The molecule has 3 nitrogen and oxygen atoms in total. The number of nitrogens with zero attached hydrogens (tertiary/aromatic N) is 1. The number of hydrogen-bond donors (Lipinski definition) is 1. The van der Waals surface area contributed by atoms with E-state index in [1.54, 1.807) is 0 Å². The van der Waals surface area contributed by atoms with Crippen molar-refractivity contribution in [3.05, 3.63) is 41.0 Å². The van der Waals surface area contributed by atoms with Gasteiger partial charge in [0.1, 0.15) is 0 Å². The summed E-state index contributed by atoms with van der Waals surface area (Å²) in [5.41, 5.74) is 2.20. The number of ether oxygens (including phenoxy) is 1. The minimum atomic E-state index is 0.489. The van der Waals surface area contributed by atoms with Crippen LogP contribution < -0.4 is 5.32 Å². The highest BCUT2D eigenvalue weighted by molar-refractivity contribution is 6.35. The minimum absolute atomic E-state index is 0.489. The molecule has 0 saturated carbocycles. The molecule has 3 rings (SSSR count). The van der Waals surface area contributed by atoms with Crippen LogP contribution in [0.5, 0.6) is 0 Å². The van der Waals surface area contributed by atoms with Gasteiger partial charge in [0.25, 0.3) is 0 Å². The van der Waals surface area contributed by atoms with Gasteiger partial charge in [-0.2, -0.15) is 0 Å². The molecule has 1 atom stereocenters. The number of nitrogens with one attached hydrogen (secondary N) is 1. The molecule has 1 N–H and O–H groups in total. The van der Waals surface area contributed by atoms with Crippen molar-refractivity contribution in [2.45, 2.75) is 32.4 Å². The molecule has 1 saturated heterocycles. The Morgan fingerprint density at radius 2 is 2.14 bits per heavy atom.